The van der Waals surface area contributed by atoms with E-state index in [4.69, 9.17) is 4.74 Å². The molecule has 1 fully saturated rings. The minimum absolute atomic E-state index is 0.00352. The van der Waals surface area contributed by atoms with E-state index in [0.717, 1.165) is 22.3 Å². The summed E-state index contributed by atoms with van der Waals surface area (Å²) in [6.07, 6.45) is -0.410. The lowest BCUT2D eigenvalue weighted by Crippen LogP contribution is -2.49. The lowest BCUT2D eigenvalue weighted by atomic mass is 9.95. The van der Waals surface area contributed by atoms with Gasteiger partial charge in [0.2, 0.25) is 0 Å². The highest BCUT2D eigenvalue weighted by Gasteiger charge is 2.36. The number of benzene rings is 2. The van der Waals surface area contributed by atoms with Crippen LogP contribution in [0.4, 0.5) is 0 Å². The molecule has 0 unspecified atom stereocenters. The van der Waals surface area contributed by atoms with Crippen LogP contribution in [0, 0.1) is 20.8 Å². The maximum atomic E-state index is 13.3. The number of rotatable bonds is 3. The second-order valence-corrected chi connectivity index (χ2v) is 6.70. The van der Waals surface area contributed by atoms with Crippen LogP contribution in [0.1, 0.15) is 38.7 Å². The lowest BCUT2D eigenvalue weighted by molar-refractivity contribution is -0.0811. The van der Waals surface area contributed by atoms with Crippen LogP contribution in [0.15, 0.2) is 42.5 Å². The van der Waals surface area contributed by atoms with Crippen molar-refractivity contribution in [2.45, 2.75) is 32.9 Å². The molecule has 1 N–H and O–H groups in total. The SMILES string of the molecule is Cc1cc(C)c(C(=O)N2CCO[C@H](CO)[C@H]2c2ccccc2)cc1C. The molecule has 2 atom stereocenters. The van der Waals surface area contributed by atoms with Crippen LogP contribution in [0.3, 0.4) is 0 Å². The molecule has 0 aromatic heterocycles. The summed E-state index contributed by atoms with van der Waals surface area (Å²) in [7, 11) is 0. The highest BCUT2D eigenvalue weighted by atomic mass is 16.5. The molecule has 0 spiro atoms. The fraction of sp³-hybridized carbons (Fsp3) is 0.381. The van der Waals surface area contributed by atoms with Crippen LogP contribution in [0.5, 0.6) is 0 Å². The molecule has 0 bridgehead atoms. The number of hydrogen-bond acceptors (Lipinski definition) is 3. The third-order valence-electron chi connectivity index (χ3n) is 5.01. The van der Waals surface area contributed by atoms with Crippen molar-refractivity contribution >= 4 is 5.91 Å². The smallest absolute Gasteiger partial charge is 0.254 e. The molecule has 2 aromatic rings. The maximum Gasteiger partial charge on any atom is 0.254 e. The Morgan fingerprint density at radius 1 is 1.12 bits per heavy atom. The first kappa shape index (κ1) is 17.6. The normalized spacial score (nSPS) is 20.6. The molecule has 1 aliphatic heterocycles. The first-order valence-corrected chi connectivity index (χ1v) is 8.69. The van der Waals surface area contributed by atoms with E-state index >= 15 is 0 Å². The van der Waals surface area contributed by atoms with Crippen molar-refractivity contribution in [2.24, 2.45) is 0 Å². The van der Waals surface area contributed by atoms with E-state index < -0.39 is 6.10 Å². The number of aliphatic hydroxyl groups is 1. The zero-order chi connectivity index (χ0) is 18.0. The summed E-state index contributed by atoms with van der Waals surface area (Å²) in [5.41, 5.74) is 4.98. The summed E-state index contributed by atoms with van der Waals surface area (Å²) in [6, 6.07) is 13.5. The van der Waals surface area contributed by atoms with Gasteiger partial charge in [0.25, 0.3) is 5.91 Å². The fourth-order valence-corrected chi connectivity index (χ4v) is 3.50. The Morgan fingerprint density at radius 2 is 1.80 bits per heavy atom. The third kappa shape index (κ3) is 3.46. The number of morpholine rings is 1. The molecule has 3 rings (SSSR count). The van der Waals surface area contributed by atoms with Crippen molar-refractivity contribution in [3.8, 4) is 0 Å². The third-order valence-corrected chi connectivity index (χ3v) is 5.01. The predicted octanol–water partition coefficient (Wildman–Crippen LogP) is 3.19. The molecule has 4 heteroatoms. The molecule has 1 aliphatic rings. The van der Waals surface area contributed by atoms with Gasteiger partial charge in [0.05, 0.1) is 19.3 Å². The molecular weight excluding hydrogens is 314 g/mol. The molecule has 0 radical (unpaired) electrons. The number of ether oxygens (including phenoxy) is 1. The van der Waals surface area contributed by atoms with E-state index in [-0.39, 0.29) is 18.6 Å². The minimum atomic E-state index is -0.410. The Bertz CT molecular complexity index is 757. The van der Waals surface area contributed by atoms with Crippen molar-refractivity contribution in [1.29, 1.82) is 0 Å². The predicted molar refractivity (Wildman–Crippen MR) is 97.7 cm³/mol. The van der Waals surface area contributed by atoms with Gasteiger partial charge in [-0.1, -0.05) is 36.4 Å². The quantitative estimate of drug-likeness (QED) is 0.934. The zero-order valence-electron chi connectivity index (χ0n) is 15.0. The van der Waals surface area contributed by atoms with Gasteiger partial charge in [-0.25, -0.2) is 0 Å². The highest BCUT2D eigenvalue weighted by molar-refractivity contribution is 5.96. The van der Waals surface area contributed by atoms with E-state index in [9.17, 15) is 9.90 Å². The van der Waals surface area contributed by atoms with Gasteiger partial charge in [-0.15, -0.1) is 0 Å². The maximum absolute atomic E-state index is 13.3. The van der Waals surface area contributed by atoms with Crippen LogP contribution in [-0.2, 0) is 4.74 Å². The van der Waals surface area contributed by atoms with Gasteiger partial charge < -0.3 is 14.7 Å². The van der Waals surface area contributed by atoms with E-state index in [1.54, 1.807) is 0 Å². The molecule has 0 saturated carbocycles. The monoisotopic (exact) mass is 339 g/mol. The number of amides is 1. The van der Waals surface area contributed by atoms with E-state index in [2.05, 4.69) is 13.0 Å². The second kappa shape index (κ2) is 7.38. The summed E-state index contributed by atoms with van der Waals surface area (Å²) < 4.78 is 5.74. The van der Waals surface area contributed by atoms with Gasteiger partial charge in [0.15, 0.2) is 0 Å². The molecule has 1 heterocycles. The van der Waals surface area contributed by atoms with E-state index in [1.165, 1.54) is 5.56 Å². The van der Waals surface area contributed by atoms with E-state index in [1.807, 2.05) is 55.1 Å². The van der Waals surface area contributed by atoms with Crippen molar-refractivity contribution in [2.75, 3.05) is 19.8 Å². The molecule has 132 valence electrons. The second-order valence-electron chi connectivity index (χ2n) is 6.70. The summed E-state index contributed by atoms with van der Waals surface area (Å²) in [5.74, 6) is -0.00352. The fourth-order valence-electron chi connectivity index (χ4n) is 3.50. The minimum Gasteiger partial charge on any atom is -0.394 e. The Balaban J connectivity index is 2.01. The van der Waals surface area contributed by atoms with Crippen LogP contribution >= 0.6 is 0 Å². The Labute approximate surface area is 149 Å². The van der Waals surface area contributed by atoms with Gasteiger partial charge in [0.1, 0.15) is 6.10 Å². The van der Waals surface area contributed by atoms with Crippen LogP contribution in [-0.4, -0.2) is 41.8 Å². The van der Waals surface area contributed by atoms with Crippen molar-refractivity contribution in [3.05, 3.63) is 70.3 Å². The van der Waals surface area contributed by atoms with Gasteiger partial charge >= 0.3 is 0 Å². The number of aryl methyl sites for hydroxylation is 3. The zero-order valence-corrected chi connectivity index (χ0v) is 15.0. The summed E-state index contributed by atoms with van der Waals surface area (Å²) >= 11 is 0. The summed E-state index contributed by atoms with van der Waals surface area (Å²) in [4.78, 5) is 15.2. The summed E-state index contributed by atoms with van der Waals surface area (Å²) in [5, 5.41) is 9.77. The van der Waals surface area contributed by atoms with Gasteiger partial charge in [-0.2, -0.15) is 0 Å². The molecular formula is C21H25NO3. The number of aliphatic hydroxyl groups excluding tert-OH is 1. The number of nitrogens with zero attached hydrogens (tertiary/aromatic N) is 1. The number of carbonyl (C=O) groups excluding carboxylic acids is 1. The highest BCUT2D eigenvalue weighted by Crippen LogP contribution is 2.31. The average Bonchev–Trinajstić information content (AvgIpc) is 2.64. The first-order chi connectivity index (χ1) is 12.0. The lowest BCUT2D eigenvalue weighted by Gasteiger charge is -2.41. The number of hydrogen-bond donors (Lipinski definition) is 1. The molecule has 25 heavy (non-hydrogen) atoms. The Hall–Kier alpha value is -2.17. The largest absolute Gasteiger partial charge is 0.394 e. The van der Waals surface area contributed by atoms with Gasteiger partial charge in [0, 0.05) is 12.1 Å². The summed E-state index contributed by atoms with van der Waals surface area (Å²) in [6.45, 7) is 6.89. The van der Waals surface area contributed by atoms with Crippen LogP contribution in [0.2, 0.25) is 0 Å². The van der Waals surface area contributed by atoms with E-state index in [0.29, 0.717) is 13.2 Å². The van der Waals surface area contributed by atoms with Crippen LogP contribution in [0.25, 0.3) is 0 Å². The molecule has 1 saturated heterocycles. The Kier molecular flexibility index (Phi) is 5.21. The average molecular weight is 339 g/mol. The molecule has 2 aromatic carbocycles. The van der Waals surface area contributed by atoms with Gasteiger partial charge in [-0.3, -0.25) is 4.79 Å². The standard InChI is InChI=1S/C21H25NO3/c1-14-11-16(3)18(12-15(14)2)21(24)22-9-10-25-19(13-23)20(22)17-7-5-4-6-8-17/h4-8,11-12,19-20,23H,9-10,13H2,1-3H3/t19-,20-/m1/s1. The van der Waals surface area contributed by atoms with Crippen molar-refractivity contribution in [1.82, 2.24) is 4.90 Å². The van der Waals surface area contributed by atoms with Gasteiger partial charge in [-0.05, 0) is 49.1 Å². The molecule has 0 aliphatic carbocycles. The van der Waals surface area contributed by atoms with Crippen molar-refractivity contribution < 1.29 is 14.6 Å². The number of carbonyl (C=O) groups is 1. The first-order valence-electron chi connectivity index (χ1n) is 8.69. The van der Waals surface area contributed by atoms with Crippen molar-refractivity contribution in [3.63, 3.8) is 0 Å². The topological polar surface area (TPSA) is 49.8 Å². The molecule has 1 amide bonds. The Morgan fingerprint density at radius 3 is 2.48 bits per heavy atom. The molecule has 4 nitrogen and oxygen atoms in total. The van der Waals surface area contributed by atoms with Crippen LogP contribution < -0.4 is 0 Å².